The molecule has 0 fully saturated rings. The lowest BCUT2D eigenvalue weighted by atomic mass is 10.2. The summed E-state index contributed by atoms with van der Waals surface area (Å²) in [7, 11) is 1.89. The van der Waals surface area contributed by atoms with Crippen molar-refractivity contribution in [2.24, 2.45) is 12.8 Å². The first-order valence-electron chi connectivity index (χ1n) is 6.41. The first-order chi connectivity index (χ1) is 8.99. The van der Waals surface area contributed by atoms with E-state index >= 15 is 0 Å². The second-order valence-corrected chi connectivity index (χ2v) is 4.96. The normalized spacial score (nSPS) is 10.9. The van der Waals surface area contributed by atoms with E-state index in [1.807, 2.05) is 18.7 Å². The standard InChI is InChI=1S/C13H19N5S/c1-5-9-7-10(6-2)18(16-9)13-11(12(14)19)8(3)15-17(13)4/h7H,5-6H2,1-4H3,(H2,14,19). The Morgan fingerprint density at radius 2 is 2.00 bits per heavy atom. The molecule has 5 nitrogen and oxygen atoms in total. The predicted octanol–water partition coefficient (Wildman–Crippen LogP) is 1.67. The van der Waals surface area contributed by atoms with E-state index in [0.717, 1.165) is 41.3 Å². The van der Waals surface area contributed by atoms with E-state index in [-0.39, 0.29) is 0 Å². The fourth-order valence-electron chi connectivity index (χ4n) is 2.26. The van der Waals surface area contributed by atoms with Gasteiger partial charge >= 0.3 is 0 Å². The van der Waals surface area contributed by atoms with Crippen LogP contribution in [0, 0.1) is 6.92 Å². The first kappa shape index (κ1) is 13.7. The molecule has 0 aromatic carbocycles. The number of hydrogen-bond donors (Lipinski definition) is 1. The molecule has 0 aliphatic rings. The van der Waals surface area contributed by atoms with Crippen molar-refractivity contribution >= 4 is 17.2 Å². The fourth-order valence-corrected chi connectivity index (χ4v) is 2.50. The minimum Gasteiger partial charge on any atom is -0.389 e. The van der Waals surface area contributed by atoms with Gasteiger partial charge in [0.25, 0.3) is 0 Å². The molecule has 2 aromatic rings. The summed E-state index contributed by atoms with van der Waals surface area (Å²) in [5.74, 6) is 0.849. The van der Waals surface area contributed by atoms with Gasteiger partial charge in [0.15, 0.2) is 5.82 Å². The van der Waals surface area contributed by atoms with E-state index in [4.69, 9.17) is 18.0 Å². The molecule has 0 saturated heterocycles. The molecule has 0 radical (unpaired) electrons. The number of hydrogen-bond acceptors (Lipinski definition) is 3. The lowest BCUT2D eigenvalue weighted by Gasteiger charge is -2.08. The van der Waals surface area contributed by atoms with E-state index in [0.29, 0.717) is 4.99 Å². The topological polar surface area (TPSA) is 61.7 Å². The molecule has 2 heterocycles. The highest BCUT2D eigenvalue weighted by molar-refractivity contribution is 7.80. The molecule has 0 atom stereocenters. The van der Waals surface area contributed by atoms with Crippen molar-refractivity contribution in [3.05, 3.63) is 28.7 Å². The number of aryl methyl sites for hydroxylation is 4. The zero-order valence-corrected chi connectivity index (χ0v) is 12.6. The summed E-state index contributed by atoms with van der Waals surface area (Å²) in [6, 6.07) is 2.12. The summed E-state index contributed by atoms with van der Waals surface area (Å²) in [6.07, 6.45) is 1.80. The van der Waals surface area contributed by atoms with Crippen LogP contribution >= 0.6 is 12.2 Å². The van der Waals surface area contributed by atoms with Crippen molar-refractivity contribution in [3.8, 4) is 5.82 Å². The molecule has 102 valence electrons. The molecule has 2 N–H and O–H groups in total. The Morgan fingerprint density at radius 3 is 2.53 bits per heavy atom. The van der Waals surface area contributed by atoms with Crippen molar-refractivity contribution in [1.82, 2.24) is 19.6 Å². The smallest absolute Gasteiger partial charge is 0.162 e. The minimum atomic E-state index is 0.358. The minimum absolute atomic E-state index is 0.358. The maximum absolute atomic E-state index is 5.83. The molecule has 0 spiro atoms. The van der Waals surface area contributed by atoms with Gasteiger partial charge in [-0.1, -0.05) is 26.1 Å². The molecular formula is C13H19N5S. The van der Waals surface area contributed by atoms with E-state index in [1.165, 1.54) is 0 Å². The molecule has 0 saturated carbocycles. The van der Waals surface area contributed by atoms with Crippen molar-refractivity contribution in [2.45, 2.75) is 33.6 Å². The lowest BCUT2D eigenvalue weighted by Crippen LogP contribution is -2.16. The summed E-state index contributed by atoms with van der Waals surface area (Å²) in [4.78, 5) is 0.358. The van der Waals surface area contributed by atoms with Crippen molar-refractivity contribution < 1.29 is 0 Å². The van der Waals surface area contributed by atoms with Crippen LogP contribution in [0.3, 0.4) is 0 Å². The van der Waals surface area contributed by atoms with Crippen molar-refractivity contribution in [1.29, 1.82) is 0 Å². The molecule has 0 amide bonds. The van der Waals surface area contributed by atoms with Gasteiger partial charge < -0.3 is 5.73 Å². The third-order valence-electron chi connectivity index (χ3n) is 3.20. The van der Waals surface area contributed by atoms with Gasteiger partial charge in [-0.25, -0.2) is 4.68 Å². The zero-order valence-electron chi connectivity index (χ0n) is 11.8. The number of nitrogens with zero attached hydrogens (tertiary/aromatic N) is 4. The van der Waals surface area contributed by atoms with Crippen LogP contribution in [0.15, 0.2) is 6.07 Å². The van der Waals surface area contributed by atoms with Crippen LogP contribution in [0.25, 0.3) is 5.82 Å². The third-order valence-corrected chi connectivity index (χ3v) is 3.40. The number of nitrogens with two attached hydrogens (primary N) is 1. The molecule has 0 aliphatic carbocycles. The highest BCUT2D eigenvalue weighted by Crippen LogP contribution is 2.20. The maximum Gasteiger partial charge on any atom is 0.162 e. The Hall–Kier alpha value is -1.69. The maximum atomic E-state index is 5.83. The SMILES string of the molecule is CCc1cc(CC)n(-c2c(C(N)=S)c(C)nn2C)n1. The Kier molecular flexibility index (Phi) is 3.71. The van der Waals surface area contributed by atoms with Gasteiger partial charge in [0.1, 0.15) is 4.99 Å². The third kappa shape index (κ3) is 2.28. The number of rotatable bonds is 4. The van der Waals surface area contributed by atoms with Crippen LogP contribution in [0.4, 0.5) is 0 Å². The monoisotopic (exact) mass is 277 g/mol. The Bertz CT molecular complexity index is 623. The van der Waals surface area contributed by atoms with Gasteiger partial charge in [-0.2, -0.15) is 10.2 Å². The predicted molar refractivity (Wildman–Crippen MR) is 79.7 cm³/mol. The second-order valence-electron chi connectivity index (χ2n) is 4.52. The molecular weight excluding hydrogens is 258 g/mol. The molecule has 2 aromatic heterocycles. The number of thiocarbonyl (C=S) groups is 1. The van der Waals surface area contributed by atoms with Crippen LogP contribution in [0.5, 0.6) is 0 Å². The van der Waals surface area contributed by atoms with E-state index in [1.54, 1.807) is 4.68 Å². The molecule has 0 aliphatic heterocycles. The summed E-state index contributed by atoms with van der Waals surface area (Å²) in [5.41, 5.74) is 9.67. The van der Waals surface area contributed by atoms with E-state index in [9.17, 15) is 0 Å². The van der Waals surface area contributed by atoms with Crippen LogP contribution in [-0.2, 0) is 19.9 Å². The van der Waals surface area contributed by atoms with Gasteiger partial charge in [-0.15, -0.1) is 0 Å². The van der Waals surface area contributed by atoms with E-state index < -0.39 is 0 Å². The fraction of sp³-hybridized carbons (Fsp3) is 0.462. The molecule has 0 unspecified atom stereocenters. The summed E-state index contributed by atoms with van der Waals surface area (Å²) in [5, 5.41) is 9.04. The summed E-state index contributed by atoms with van der Waals surface area (Å²) in [6.45, 7) is 6.11. The molecule has 6 heteroatoms. The van der Waals surface area contributed by atoms with Gasteiger partial charge in [-0.3, -0.25) is 4.68 Å². The van der Waals surface area contributed by atoms with Gasteiger partial charge in [0, 0.05) is 12.7 Å². The number of aromatic nitrogens is 4. The van der Waals surface area contributed by atoms with Crippen LogP contribution in [0.1, 0.15) is 36.5 Å². The van der Waals surface area contributed by atoms with Crippen molar-refractivity contribution in [3.63, 3.8) is 0 Å². The van der Waals surface area contributed by atoms with Crippen LogP contribution in [0.2, 0.25) is 0 Å². The summed E-state index contributed by atoms with van der Waals surface area (Å²) < 4.78 is 3.70. The highest BCUT2D eigenvalue weighted by Gasteiger charge is 2.20. The Morgan fingerprint density at radius 1 is 1.32 bits per heavy atom. The van der Waals surface area contributed by atoms with Gasteiger partial charge in [-0.05, 0) is 25.8 Å². The van der Waals surface area contributed by atoms with Gasteiger partial charge in [0.05, 0.1) is 17.0 Å². The molecule has 19 heavy (non-hydrogen) atoms. The van der Waals surface area contributed by atoms with Crippen LogP contribution in [-0.4, -0.2) is 24.5 Å². The lowest BCUT2D eigenvalue weighted by molar-refractivity contribution is 0.672. The average molecular weight is 277 g/mol. The van der Waals surface area contributed by atoms with E-state index in [2.05, 4.69) is 30.1 Å². The van der Waals surface area contributed by atoms with Crippen LogP contribution < -0.4 is 5.73 Å². The highest BCUT2D eigenvalue weighted by atomic mass is 32.1. The first-order valence-corrected chi connectivity index (χ1v) is 6.81. The average Bonchev–Trinajstić information content (AvgIpc) is 2.88. The Balaban J connectivity index is 2.71. The summed E-state index contributed by atoms with van der Waals surface area (Å²) >= 11 is 5.15. The Labute approximate surface area is 118 Å². The molecule has 2 rings (SSSR count). The largest absolute Gasteiger partial charge is 0.389 e. The molecule has 0 bridgehead atoms. The van der Waals surface area contributed by atoms with Crippen molar-refractivity contribution in [2.75, 3.05) is 0 Å². The zero-order chi connectivity index (χ0) is 14.2. The van der Waals surface area contributed by atoms with Gasteiger partial charge in [0.2, 0.25) is 0 Å². The second kappa shape index (κ2) is 5.13. The quantitative estimate of drug-likeness (QED) is 0.864.